The standard InChI is InChI=1S/C11H13FN2O2/c12-8-4-9(6-13-5-8)14-11(16)10(15)7-2-1-3-7/h4-7,10,15H,1-3H2,(H,14,16)/t10-/m1/s1. The van der Waals surface area contributed by atoms with Gasteiger partial charge in [-0.1, -0.05) is 6.42 Å². The average molecular weight is 224 g/mol. The van der Waals surface area contributed by atoms with Crippen LogP contribution in [0.25, 0.3) is 0 Å². The third-order valence-corrected chi connectivity index (χ3v) is 2.84. The van der Waals surface area contributed by atoms with Crippen LogP contribution in [0.5, 0.6) is 0 Å². The maximum Gasteiger partial charge on any atom is 0.253 e. The number of carbonyl (C=O) groups is 1. The molecule has 0 aliphatic heterocycles. The molecule has 1 aliphatic rings. The summed E-state index contributed by atoms with van der Waals surface area (Å²) in [6.45, 7) is 0. The zero-order chi connectivity index (χ0) is 11.5. The van der Waals surface area contributed by atoms with E-state index in [1.54, 1.807) is 0 Å². The van der Waals surface area contributed by atoms with Crippen LogP contribution < -0.4 is 5.32 Å². The van der Waals surface area contributed by atoms with Crippen molar-refractivity contribution < 1.29 is 14.3 Å². The Kier molecular flexibility index (Phi) is 3.14. The fourth-order valence-corrected chi connectivity index (χ4v) is 1.67. The van der Waals surface area contributed by atoms with E-state index in [0.717, 1.165) is 25.5 Å². The number of halogens is 1. The van der Waals surface area contributed by atoms with Crippen LogP contribution in [-0.2, 0) is 4.79 Å². The number of pyridine rings is 1. The second kappa shape index (κ2) is 4.57. The smallest absolute Gasteiger partial charge is 0.253 e. The molecule has 2 rings (SSSR count). The summed E-state index contributed by atoms with van der Waals surface area (Å²) in [5, 5.41) is 12.1. The van der Waals surface area contributed by atoms with Crippen molar-refractivity contribution in [2.24, 2.45) is 5.92 Å². The Labute approximate surface area is 92.5 Å². The summed E-state index contributed by atoms with van der Waals surface area (Å²) in [7, 11) is 0. The zero-order valence-electron chi connectivity index (χ0n) is 8.69. The number of rotatable bonds is 3. The number of aliphatic hydroxyl groups excluding tert-OH is 1. The quantitative estimate of drug-likeness (QED) is 0.814. The van der Waals surface area contributed by atoms with Crippen molar-refractivity contribution in [2.75, 3.05) is 5.32 Å². The first-order chi connectivity index (χ1) is 7.66. The fraction of sp³-hybridized carbons (Fsp3) is 0.455. The van der Waals surface area contributed by atoms with Crippen molar-refractivity contribution in [1.29, 1.82) is 0 Å². The van der Waals surface area contributed by atoms with Gasteiger partial charge in [-0.2, -0.15) is 0 Å². The summed E-state index contributed by atoms with van der Waals surface area (Å²) in [6.07, 6.45) is 4.19. The lowest BCUT2D eigenvalue weighted by Crippen LogP contribution is -2.37. The predicted octanol–water partition coefficient (Wildman–Crippen LogP) is 1.32. The minimum atomic E-state index is -1.00. The van der Waals surface area contributed by atoms with Gasteiger partial charge in [-0.15, -0.1) is 0 Å². The van der Waals surface area contributed by atoms with Gasteiger partial charge in [0.05, 0.1) is 18.1 Å². The molecule has 1 saturated carbocycles. The molecular weight excluding hydrogens is 211 g/mol. The van der Waals surface area contributed by atoms with Gasteiger partial charge in [-0.3, -0.25) is 9.78 Å². The van der Waals surface area contributed by atoms with Crippen molar-refractivity contribution in [3.05, 3.63) is 24.3 Å². The van der Waals surface area contributed by atoms with Crippen LogP contribution in [0, 0.1) is 11.7 Å². The Balaban J connectivity index is 1.96. The summed E-state index contributed by atoms with van der Waals surface area (Å²) in [5.74, 6) is -0.963. The number of hydrogen-bond donors (Lipinski definition) is 2. The summed E-state index contributed by atoms with van der Waals surface area (Å²) in [4.78, 5) is 15.2. The molecule has 0 radical (unpaired) electrons. The Morgan fingerprint density at radius 3 is 2.88 bits per heavy atom. The third kappa shape index (κ3) is 2.36. The summed E-state index contributed by atoms with van der Waals surface area (Å²) < 4.78 is 12.8. The van der Waals surface area contributed by atoms with E-state index in [4.69, 9.17) is 0 Å². The number of carbonyl (C=O) groups excluding carboxylic acids is 1. The van der Waals surface area contributed by atoms with Gasteiger partial charge in [0.15, 0.2) is 0 Å². The molecule has 5 heteroatoms. The number of nitrogens with one attached hydrogen (secondary N) is 1. The molecule has 1 aliphatic carbocycles. The highest BCUT2D eigenvalue weighted by atomic mass is 19.1. The zero-order valence-corrected chi connectivity index (χ0v) is 8.69. The van der Waals surface area contributed by atoms with Gasteiger partial charge in [-0.05, 0) is 18.8 Å². The molecule has 0 spiro atoms. The van der Waals surface area contributed by atoms with Gasteiger partial charge < -0.3 is 10.4 Å². The lowest BCUT2D eigenvalue weighted by Gasteiger charge is -2.29. The monoisotopic (exact) mass is 224 g/mol. The molecule has 1 aromatic heterocycles. The van der Waals surface area contributed by atoms with Crippen LogP contribution >= 0.6 is 0 Å². The average Bonchev–Trinajstić information content (AvgIpc) is 2.14. The van der Waals surface area contributed by atoms with Crippen molar-refractivity contribution in [2.45, 2.75) is 25.4 Å². The first-order valence-corrected chi connectivity index (χ1v) is 5.26. The van der Waals surface area contributed by atoms with Gasteiger partial charge in [-0.25, -0.2) is 4.39 Å². The van der Waals surface area contributed by atoms with Crippen molar-refractivity contribution in [3.8, 4) is 0 Å². The maximum absolute atomic E-state index is 12.8. The number of nitrogens with zero attached hydrogens (tertiary/aromatic N) is 1. The van der Waals surface area contributed by atoms with E-state index < -0.39 is 17.8 Å². The first-order valence-electron chi connectivity index (χ1n) is 5.26. The summed E-state index contributed by atoms with van der Waals surface area (Å²) >= 11 is 0. The second-order valence-electron chi connectivity index (χ2n) is 4.02. The minimum Gasteiger partial charge on any atom is -0.383 e. The largest absolute Gasteiger partial charge is 0.383 e. The molecule has 0 unspecified atom stereocenters. The number of anilines is 1. The van der Waals surface area contributed by atoms with Gasteiger partial charge in [0.1, 0.15) is 11.9 Å². The van der Waals surface area contributed by atoms with E-state index >= 15 is 0 Å². The molecule has 1 atom stereocenters. The highest BCUT2D eigenvalue weighted by Crippen LogP contribution is 2.30. The summed E-state index contributed by atoms with van der Waals surface area (Å²) in [6, 6.07) is 1.17. The predicted molar refractivity (Wildman–Crippen MR) is 56.2 cm³/mol. The molecule has 1 fully saturated rings. The highest BCUT2D eigenvalue weighted by Gasteiger charge is 2.30. The molecule has 0 bridgehead atoms. The molecule has 86 valence electrons. The summed E-state index contributed by atoms with van der Waals surface area (Å²) in [5.41, 5.74) is 0.267. The molecule has 0 aromatic carbocycles. The Morgan fingerprint density at radius 2 is 2.31 bits per heavy atom. The number of aromatic nitrogens is 1. The van der Waals surface area contributed by atoms with Gasteiger partial charge in [0, 0.05) is 6.07 Å². The Morgan fingerprint density at radius 1 is 1.56 bits per heavy atom. The molecule has 2 N–H and O–H groups in total. The Bertz CT molecular complexity index is 393. The maximum atomic E-state index is 12.8. The van der Waals surface area contributed by atoms with Crippen molar-refractivity contribution in [1.82, 2.24) is 4.98 Å². The first kappa shape index (κ1) is 11.0. The minimum absolute atomic E-state index is 0.0431. The number of amides is 1. The van der Waals surface area contributed by atoms with Crippen molar-refractivity contribution in [3.63, 3.8) is 0 Å². The van der Waals surface area contributed by atoms with Gasteiger partial charge in [0.2, 0.25) is 0 Å². The van der Waals surface area contributed by atoms with Crippen LogP contribution in [0.3, 0.4) is 0 Å². The van der Waals surface area contributed by atoms with E-state index in [9.17, 15) is 14.3 Å². The molecule has 1 amide bonds. The normalized spacial score (nSPS) is 17.6. The van der Waals surface area contributed by atoms with Crippen LogP contribution in [-0.4, -0.2) is 22.1 Å². The topological polar surface area (TPSA) is 62.2 Å². The lowest BCUT2D eigenvalue weighted by atomic mass is 9.81. The SMILES string of the molecule is O=C(Nc1cncc(F)c1)[C@H](O)C1CCC1. The lowest BCUT2D eigenvalue weighted by molar-refractivity contribution is -0.128. The van der Waals surface area contributed by atoms with E-state index in [2.05, 4.69) is 10.3 Å². The van der Waals surface area contributed by atoms with Gasteiger partial charge >= 0.3 is 0 Å². The Hall–Kier alpha value is -1.49. The van der Waals surface area contributed by atoms with Crippen LogP contribution in [0.4, 0.5) is 10.1 Å². The van der Waals surface area contributed by atoms with Crippen LogP contribution in [0.1, 0.15) is 19.3 Å². The second-order valence-corrected chi connectivity index (χ2v) is 4.02. The molecule has 0 saturated heterocycles. The van der Waals surface area contributed by atoms with Gasteiger partial charge in [0.25, 0.3) is 5.91 Å². The molecular formula is C11H13FN2O2. The van der Waals surface area contributed by atoms with Crippen LogP contribution in [0.15, 0.2) is 18.5 Å². The van der Waals surface area contributed by atoms with E-state index in [1.807, 2.05) is 0 Å². The molecule has 16 heavy (non-hydrogen) atoms. The molecule has 1 aromatic rings. The van der Waals surface area contributed by atoms with Crippen molar-refractivity contribution >= 4 is 11.6 Å². The van der Waals surface area contributed by atoms with E-state index in [0.29, 0.717) is 0 Å². The van der Waals surface area contributed by atoms with E-state index in [-0.39, 0.29) is 11.6 Å². The fourth-order valence-electron chi connectivity index (χ4n) is 1.67. The third-order valence-electron chi connectivity index (χ3n) is 2.84. The number of aliphatic hydroxyl groups is 1. The number of hydrogen-bond acceptors (Lipinski definition) is 3. The van der Waals surface area contributed by atoms with Crippen LogP contribution in [0.2, 0.25) is 0 Å². The highest BCUT2D eigenvalue weighted by molar-refractivity contribution is 5.94. The molecule has 1 heterocycles. The van der Waals surface area contributed by atoms with E-state index in [1.165, 1.54) is 12.3 Å². The molecule has 4 nitrogen and oxygen atoms in total.